The van der Waals surface area contributed by atoms with Crippen LogP contribution in [0.15, 0.2) is 0 Å². The van der Waals surface area contributed by atoms with Crippen LogP contribution >= 0.6 is 11.8 Å². The lowest BCUT2D eigenvalue weighted by Crippen LogP contribution is -2.67. The molecule has 0 aromatic rings. The zero-order valence-electron chi connectivity index (χ0n) is 19.6. The molecule has 178 valence electrons. The molecule has 1 heterocycles. The quantitative estimate of drug-likeness (QED) is 0.647. The molecule has 0 radical (unpaired) electrons. The summed E-state index contributed by atoms with van der Waals surface area (Å²) in [5.74, 6) is 1.65. The third-order valence-corrected chi connectivity index (χ3v) is 9.15. The van der Waals surface area contributed by atoms with Crippen molar-refractivity contribution in [3.8, 4) is 6.07 Å². The van der Waals surface area contributed by atoms with Crippen molar-refractivity contribution >= 4 is 23.8 Å². The Morgan fingerprint density at radius 3 is 2.53 bits per heavy atom. The standard InChI is InChI=1S/C24H37N3O4S/c1-22(2,3)31-21(30)27(15-20(29)26-6-4-5-19(26)14-25)23-10-17-9-18(11-23)13-24(12-17,16-23)32-8-7-28/h17-19,28H,4-13,15-16H2,1-3H3/t17?,18?,19-,23?,24?/m0/s1. The summed E-state index contributed by atoms with van der Waals surface area (Å²) >= 11 is 1.86. The highest BCUT2D eigenvalue weighted by Crippen LogP contribution is 2.63. The molecular formula is C24H37N3O4S. The van der Waals surface area contributed by atoms with Crippen LogP contribution in [0.25, 0.3) is 0 Å². The Morgan fingerprint density at radius 2 is 1.94 bits per heavy atom. The minimum Gasteiger partial charge on any atom is -0.444 e. The Morgan fingerprint density at radius 1 is 1.25 bits per heavy atom. The number of likely N-dealkylation sites (tertiary alicyclic amines) is 1. The maximum atomic E-state index is 13.5. The van der Waals surface area contributed by atoms with Crippen LogP contribution in [0.2, 0.25) is 0 Å². The van der Waals surface area contributed by atoms with Crippen LogP contribution in [-0.4, -0.2) is 74.3 Å². The van der Waals surface area contributed by atoms with E-state index < -0.39 is 17.7 Å². The van der Waals surface area contributed by atoms with Crippen molar-refractivity contribution in [1.29, 1.82) is 5.26 Å². The molecule has 32 heavy (non-hydrogen) atoms. The molecule has 3 atom stereocenters. The number of amides is 2. The van der Waals surface area contributed by atoms with Crippen LogP contribution in [0, 0.1) is 23.2 Å². The van der Waals surface area contributed by atoms with Gasteiger partial charge in [0.25, 0.3) is 0 Å². The van der Waals surface area contributed by atoms with E-state index >= 15 is 0 Å². The molecule has 0 aromatic carbocycles. The van der Waals surface area contributed by atoms with Crippen LogP contribution in [0.3, 0.4) is 0 Å². The van der Waals surface area contributed by atoms with Crippen molar-refractivity contribution in [3.05, 3.63) is 0 Å². The highest BCUT2D eigenvalue weighted by molar-refractivity contribution is 8.00. The van der Waals surface area contributed by atoms with E-state index in [-0.39, 0.29) is 29.3 Å². The number of hydrogen-bond donors (Lipinski definition) is 1. The fraction of sp³-hybridized carbons (Fsp3) is 0.875. The van der Waals surface area contributed by atoms with Crippen LogP contribution in [0.5, 0.6) is 0 Å². The van der Waals surface area contributed by atoms with Crippen LogP contribution in [0.4, 0.5) is 4.79 Å². The smallest absolute Gasteiger partial charge is 0.411 e. The zero-order chi connectivity index (χ0) is 23.1. The highest BCUT2D eigenvalue weighted by atomic mass is 32.2. The van der Waals surface area contributed by atoms with Crippen molar-refractivity contribution < 1.29 is 19.4 Å². The average molecular weight is 464 g/mol. The Kier molecular flexibility index (Phi) is 6.45. The Labute approximate surface area is 195 Å². The second-order valence-electron chi connectivity index (χ2n) is 11.4. The van der Waals surface area contributed by atoms with Gasteiger partial charge in [-0.05, 0) is 84.0 Å². The summed E-state index contributed by atoms with van der Waals surface area (Å²) in [6.07, 6.45) is 7.26. The lowest BCUT2D eigenvalue weighted by atomic mass is 9.52. The number of nitriles is 1. The molecular weight excluding hydrogens is 426 g/mol. The molecule has 1 N–H and O–H groups in total. The van der Waals surface area contributed by atoms with Gasteiger partial charge in [-0.3, -0.25) is 9.69 Å². The lowest BCUT2D eigenvalue weighted by Gasteiger charge is -2.64. The van der Waals surface area contributed by atoms with Gasteiger partial charge in [0, 0.05) is 22.6 Å². The predicted octanol–water partition coefficient (Wildman–Crippen LogP) is 3.55. The lowest BCUT2D eigenvalue weighted by molar-refractivity contribution is -0.138. The number of nitrogens with zero attached hydrogens (tertiary/aromatic N) is 3. The molecule has 5 aliphatic rings. The van der Waals surface area contributed by atoms with Gasteiger partial charge in [-0.15, -0.1) is 0 Å². The summed E-state index contributed by atoms with van der Waals surface area (Å²) in [6, 6.07) is 1.85. The van der Waals surface area contributed by atoms with Crippen LogP contribution in [-0.2, 0) is 9.53 Å². The third-order valence-electron chi connectivity index (χ3n) is 7.68. The normalized spacial score (nSPS) is 35.6. The molecule has 4 saturated carbocycles. The largest absolute Gasteiger partial charge is 0.444 e. The molecule has 4 aliphatic carbocycles. The van der Waals surface area contributed by atoms with Gasteiger partial charge < -0.3 is 14.7 Å². The Bertz CT molecular complexity index is 775. The third kappa shape index (κ3) is 4.61. The molecule has 0 spiro atoms. The number of aliphatic hydroxyl groups excluding tert-OH is 1. The van der Waals surface area contributed by atoms with Gasteiger partial charge in [0.1, 0.15) is 18.2 Å². The van der Waals surface area contributed by atoms with Gasteiger partial charge in [0.05, 0.1) is 12.7 Å². The highest BCUT2D eigenvalue weighted by Gasteiger charge is 2.61. The molecule has 5 fully saturated rings. The van der Waals surface area contributed by atoms with Crippen LogP contribution in [0.1, 0.15) is 72.1 Å². The fourth-order valence-electron chi connectivity index (χ4n) is 7.05. The molecule has 2 unspecified atom stereocenters. The van der Waals surface area contributed by atoms with E-state index in [1.807, 2.05) is 32.5 Å². The first-order chi connectivity index (χ1) is 15.1. The van der Waals surface area contributed by atoms with Crippen molar-refractivity contribution in [2.24, 2.45) is 11.8 Å². The van der Waals surface area contributed by atoms with Gasteiger partial charge in [-0.2, -0.15) is 17.0 Å². The molecule has 1 saturated heterocycles. The molecule has 8 heteroatoms. The Balaban J connectivity index is 1.63. The maximum Gasteiger partial charge on any atom is 0.411 e. The molecule has 2 amide bonds. The number of ether oxygens (including phenoxy) is 1. The number of aliphatic hydroxyl groups is 1. The summed E-state index contributed by atoms with van der Waals surface area (Å²) in [5.41, 5.74) is -1.03. The van der Waals surface area contributed by atoms with Crippen molar-refractivity contribution in [2.45, 2.75) is 94.1 Å². The molecule has 4 bridgehead atoms. The first-order valence-corrected chi connectivity index (χ1v) is 13.0. The van der Waals surface area contributed by atoms with Gasteiger partial charge >= 0.3 is 6.09 Å². The maximum absolute atomic E-state index is 13.5. The molecule has 0 aromatic heterocycles. The first-order valence-electron chi connectivity index (χ1n) is 12.0. The fourth-order valence-corrected chi connectivity index (χ4v) is 8.65. The second-order valence-corrected chi connectivity index (χ2v) is 12.9. The van der Waals surface area contributed by atoms with Crippen molar-refractivity contribution in [3.63, 3.8) is 0 Å². The van der Waals surface area contributed by atoms with Crippen LogP contribution < -0.4 is 0 Å². The molecule has 1 aliphatic heterocycles. The van der Waals surface area contributed by atoms with E-state index in [0.29, 0.717) is 30.6 Å². The minimum atomic E-state index is -0.646. The number of thioether (sulfide) groups is 1. The number of carbonyl (C=O) groups is 2. The van der Waals surface area contributed by atoms with Gasteiger partial charge in [-0.1, -0.05) is 0 Å². The van der Waals surface area contributed by atoms with E-state index in [9.17, 15) is 20.0 Å². The van der Waals surface area contributed by atoms with Crippen molar-refractivity contribution in [2.75, 3.05) is 25.4 Å². The van der Waals surface area contributed by atoms with E-state index in [4.69, 9.17) is 4.74 Å². The molecule has 5 rings (SSSR count). The summed E-state index contributed by atoms with van der Waals surface area (Å²) in [6.45, 7) is 6.29. The van der Waals surface area contributed by atoms with Gasteiger partial charge in [0.15, 0.2) is 0 Å². The minimum absolute atomic E-state index is 0.0206. The van der Waals surface area contributed by atoms with Gasteiger partial charge in [-0.25, -0.2) is 4.79 Å². The van der Waals surface area contributed by atoms with E-state index in [1.165, 1.54) is 6.42 Å². The predicted molar refractivity (Wildman–Crippen MR) is 123 cm³/mol. The molecule has 7 nitrogen and oxygen atoms in total. The van der Waals surface area contributed by atoms with E-state index in [1.54, 1.807) is 9.80 Å². The topological polar surface area (TPSA) is 93.9 Å². The first kappa shape index (κ1) is 23.7. The van der Waals surface area contributed by atoms with Gasteiger partial charge in [0.2, 0.25) is 5.91 Å². The summed E-state index contributed by atoms with van der Waals surface area (Å²) in [7, 11) is 0. The summed E-state index contributed by atoms with van der Waals surface area (Å²) in [5, 5.41) is 18.9. The number of rotatable bonds is 6. The number of carbonyl (C=O) groups excluding carboxylic acids is 2. The van der Waals surface area contributed by atoms with E-state index in [2.05, 4.69) is 6.07 Å². The monoisotopic (exact) mass is 463 g/mol. The zero-order valence-corrected chi connectivity index (χ0v) is 20.5. The second kappa shape index (κ2) is 8.72. The Hall–Kier alpha value is -1.46. The summed E-state index contributed by atoms with van der Waals surface area (Å²) in [4.78, 5) is 30.2. The summed E-state index contributed by atoms with van der Waals surface area (Å²) < 4.78 is 5.89. The van der Waals surface area contributed by atoms with E-state index in [0.717, 1.165) is 38.5 Å². The number of hydrogen-bond acceptors (Lipinski definition) is 6. The SMILES string of the molecule is CC(C)(C)OC(=O)N(CC(=O)N1CCC[C@H]1C#N)C12CC3CC(CC(SCCO)(C3)C1)C2. The average Bonchev–Trinajstić information content (AvgIpc) is 3.17. The van der Waals surface area contributed by atoms with Crippen molar-refractivity contribution in [1.82, 2.24) is 9.80 Å².